The van der Waals surface area contributed by atoms with Crippen molar-refractivity contribution < 1.29 is 19.1 Å². The van der Waals surface area contributed by atoms with Crippen LogP contribution in [0.15, 0.2) is 108 Å². The Bertz CT molecular complexity index is 1140. The molecular formula is C30H31NO4. The van der Waals surface area contributed by atoms with Crippen molar-refractivity contribution in [1.82, 2.24) is 0 Å². The van der Waals surface area contributed by atoms with E-state index in [2.05, 4.69) is 0 Å². The van der Waals surface area contributed by atoms with Crippen molar-refractivity contribution in [2.24, 2.45) is 10.9 Å². The normalized spacial score (nSPS) is 12.4. The Kier molecular flexibility index (Phi) is 8.74. The summed E-state index contributed by atoms with van der Waals surface area (Å²) in [6.07, 6.45) is 1.92. The number of carbonyl (C=O) groups excluding carboxylic acids is 2. The van der Waals surface area contributed by atoms with Crippen LogP contribution in [0.2, 0.25) is 0 Å². The van der Waals surface area contributed by atoms with Gasteiger partial charge in [-0.2, -0.15) is 0 Å². The average Bonchev–Trinajstić information content (AvgIpc) is 2.86. The average molecular weight is 470 g/mol. The van der Waals surface area contributed by atoms with Gasteiger partial charge >= 0.3 is 11.9 Å². The first-order valence-corrected chi connectivity index (χ1v) is 11.5. The highest BCUT2D eigenvalue weighted by Gasteiger charge is 2.25. The molecule has 0 saturated heterocycles. The van der Waals surface area contributed by atoms with Crippen LogP contribution in [0.4, 0.5) is 0 Å². The summed E-state index contributed by atoms with van der Waals surface area (Å²) in [4.78, 5) is 30.8. The van der Waals surface area contributed by atoms with Gasteiger partial charge in [0.2, 0.25) is 0 Å². The second-order valence-corrected chi connectivity index (χ2v) is 9.07. The molecule has 0 heterocycles. The molecule has 0 aromatic heterocycles. The topological polar surface area (TPSA) is 65.0 Å². The molecule has 0 aliphatic carbocycles. The summed E-state index contributed by atoms with van der Waals surface area (Å²) in [6.45, 7) is 5.38. The van der Waals surface area contributed by atoms with Gasteiger partial charge in [0, 0.05) is 11.1 Å². The number of methoxy groups -OCH3 is 1. The summed E-state index contributed by atoms with van der Waals surface area (Å²) in [7, 11) is 1.34. The van der Waals surface area contributed by atoms with E-state index in [-0.39, 0.29) is 5.70 Å². The number of aliphatic imine (C=N–C) groups is 1. The van der Waals surface area contributed by atoms with Gasteiger partial charge in [-0.15, -0.1) is 0 Å². The molecule has 35 heavy (non-hydrogen) atoms. The molecule has 3 aromatic carbocycles. The smallest absolute Gasteiger partial charge is 0.357 e. The van der Waals surface area contributed by atoms with Gasteiger partial charge in [-0.1, -0.05) is 91.0 Å². The van der Waals surface area contributed by atoms with Crippen molar-refractivity contribution >= 4 is 17.7 Å². The highest BCUT2D eigenvalue weighted by atomic mass is 16.6. The lowest BCUT2D eigenvalue weighted by atomic mass is 9.97. The van der Waals surface area contributed by atoms with E-state index >= 15 is 0 Å². The minimum atomic E-state index is -0.731. The lowest BCUT2D eigenvalue weighted by molar-refractivity contribution is -0.149. The Labute approximate surface area is 207 Å². The van der Waals surface area contributed by atoms with Gasteiger partial charge < -0.3 is 9.47 Å². The molecule has 0 radical (unpaired) electrons. The molecule has 180 valence electrons. The summed E-state index contributed by atoms with van der Waals surface area (Å²) in [5, 5.41) is 0. The largest absolute Gasteiger partial charge is 0.469 e. The molecule has 0 aliphatic heterocycles. The summed E-state index contributed by atoms with van der Waals surface area (Å²) < 4.78 is 10.7. The van der Waals surface area contributed by atoms with Gasteiger partial charge in [0.15, 0.2) is 0 Å². The van der Waals surface area contributed by atoms with Crippen LogP contribution in [-0.2, 0) is 25.5 Å². The number of rotatable bonds is 8. The van der Waals surface area contributed by atoms with Crippen molar-refractivity contribution in [3.05, 3.63) is 119 Å². The summed E-state index contributed by atoms with van der Waals surface area (Å²) >= 11 is 0. The van der Waals surface area contributed by atoms with Crippen LogP contribution in [0.1, 0.15) is 37.5 Å². The van der Waals surface area contributed by atoms with Crippen LogP contribution in [0, 0.1) is 5.92 Å². The van der Waals surface area contributed by atoms with Gasteiger partial charge in [0.1, 0.15) is 11.3 Å². The highest BCUT2D eigenvalue weighted by Crippen LogP contribution is 2.21. The molecule has 5 nitrogen and oxygen atoms in total. The van der Waals surface area contributed by atoms with E-state index < -0.39 is 23.5 Å². The third-order valence-corrected chi connectivity index (χ3v) is 5.10. The van der Waals surface area contributed by atoms with Gasteiger partial charge in [-0.05, 0) is 38.8 Å². The molecule has 0 saturated carbocycles. The van der Waals surface area contributed by atoms with E-state index in [9.17, 15) is 9.59 Å². The molecule has 0 fully saturated rings. The molecular weight excluding hydrogens is 438 g/mol. The van der Waals surface area contributed by atoms with Gasteiger partial charge in [-0.3, -0.25) is 4.79 Å². The number of hydrogen-bond acceptors (Lipinski definition) is 5. The molecule has 1 unspecified atom stereocenters. The fourth-order valence-electron chi connectivity index (χ4n) is 3.51. The predicted molar refractivity (Wildman–Crippen MR) is 138 cm³/mol. The first-order chi connectivity index (χ1) is 16.8. The molecule has 3 rings (SSSR count). The van der Waals surface area contributed by atoms with E-state index in [1.807, 2.05) is 91.0 Å². The van der Waals surface area contributed by atoms with Crippen LogP contribution in [0.3, 0.4) is 0 Å². The lowest BCUT2D eigenvalue weighted by Crippen LogP contribution is -2.26. The zero-order valence-corrected chi connectivity index (χ0v) is 20.6. The summed E-state index contributed by atoms with van der Waals surface area (Å²) in [5.74, 6) is -1.78. The van der Waals surface area contributed by atoms with Crippen molar-refractivity contribution in [3.63, 3.8) is 0 Å². The third-order valence-electron chi connectivity index (χ3n) is 5.10. The molecule has 0 N–H and O–H groups in total. The Morgan fingerprint density at radius 2 is 1.31 bits per heavy atom. The van der Waals surface area contributed by atoms with Crippen LogP contribution >= 0.6 is 0 Å². The Hall–Kier alpha value is -3.99. The number of nitrogens with zero attached hydrogens (tertiary/aromatic N) is 1. The maximum Gasteiger partial charge on any atom is 0.357 e. The van der Waals surface area contributed by atoms with Gasteiger partial charge in [0.25, 0.3) is 0 Å². The molecule has 1 atom stereocenters. The number of hydrogen-bond donors (Lipinski definition) is 0. The lowest BCUT2D eigenvalue weighted by Gasteiger charge is -2.21. The zero-order chi connectivity index (χ0) is 25.3. The Morgan fingerprint density at radius 3 is 1.77 bits per heavy atom. The van der Waals surface area contributed by atoms with Crippen molar-refractivity contribution in [3.8, 4) is 0 Å². The highest BCUT2D eigenvalue weighted by molar-refractivity contribution is 6.14. The van der Waals surface area contributed by atoms with Gasteiger partial charge in [-0.25, -0.2) is 9.79 Å². The van der Waals surface area contributed by atoms with E-state index in [1.54, 1.807) is 26.8 Å². The fourth-order valence-corrected chi connectivity index (χ4v) is 3.51. The molecule has 3 aromatic rings. The van der Waals surface area contributed by atoms with Crippen LogP contribution < -0.4 is 0 Å². The maximum absolute atomic E-state index is 13.3. The standard InChI is InChI=1S/C30H31NO4/c1-30(2,3)35-29(33)26(21-25(28(32)34-4)20-22-14-8-5-9-15-22)31-27(23-16-10-6-11-17-23)24-18-12-7-13-19-24/h5-19,21,25H,20H2,1-4H3/b26-21-. The second-order valence-electron chi connectivity index (χ2n) is 9.07. The number of esters is 2. The zero-order valence-electron chi connectivity index (χ0n) is 20.6. The molecule has 0 aliphatic rings. The fraction of sp³-hybridized carbons (Fsp3) is 0.233. The van der Waals surface area contributed by atoms with Gasteiger partial charge in [0.05, 0.1) is 18.7 Å². The molecule has 0 amide bonds. The number of ether oxygens (including phenoxy) is 2. The van der Waals surface area contributed by atoms with Crippen LogP contribution in [0.25, 0.3) is 0 Å². The summed E-state index contributed by atoms with van der Waals surface area (Å²) in [5.41, 5.74) is 2.54. The molecule has 5 heteroatoms. The monoisotopic (exact) mass is 469 g/mol. The van der Waals surface area contributed by atoms with Crippen LogP contribution in [-0.4, -0.2) is 30.4 Å². The summed E-state index contributed by atoms with van der Waals surface area (Å²) in [6, 6.07) is 28.8. The first kappa shape index (κ1) is 25.6. The minimum absolute atomic E-state index is 0.0500. The van der Waals surface area contributed by atoms with E-state index in [4.69, 9.17) is 14.5 Å². The van der Waals surface area contributed by atoms with Crippen molar-refractivity contribution in [2.45, 2.75) is 32.8 Å². The van der Waals surface area contributed by atoms with E-state index in [0.29, 0.717) is 12.1 Å². The van der Waals surface area contributed by atoms with Crippen molar-refractivity contribution in [2.75, 3.05) is 7.11 Å². The molecule has 0 spiro atoms. The minimum Gasteiger partial charge on any atom is -0.469 e. The predicted octanol–water partition coefficient (Wildman–Crippen LogP) is 5.78. The van der Waals surface area contributed by atoms with E-state index in [1.165, 1.54) is 7.11 Å². The number of benzene rings is 3. The quantitative estimate of drug-likeness (QED) is 0.238. The first-order valence-electron chi connectivity index (χ1n) is 11.5. The van der Waals surface area contributed by atoms with Crippen LogP contribution in [0.5, 0.6) is 0 Å². The second kappa shape index (κ2) is 11.9. The Balaban J connectivity index is 2.16. The Morgan fingerprint density at radius 1 is 0.829 bits per heavy atom. The third kappa shape index (κ3) is 7.78. The molecule has 0 bridgehead atoms. The SMILES string of the molecule is COC(=O)C(/C=C(\N=C(c1ccccc1)c1ccccc1)C(=O)OC(C)(C)C)Cc1ccccc1. The maximum atomic E-state index is 13.3. The number of carbonyl (C=O) groups is 2. The van der Waals surface area contributed by atoms with E-state index in [0.717, 1.165) is 16.7 Å². The van der Waals surface area contributed by atoms with Crippen molar-refractivity contribution in [1.29, 1.82) is 0 Å².